The number of carbonyl (C=O) groups is 10. The second-order valence-corrected chi connectivity index (χ2v) is 12.4. The van der Waals surface area contributed by atoms with Crippen molar-refractivity contribution in [3.05, 3.63) is 35.4 Å². The van der Waals surface area contributed by atoms with E-state index in [2.05, 4.69) is 44.5 Å². The average molecular weight is 815 g/mol. The monoisotopic (exact) mass is 814 g/mol. The van der Waals surface area contributed by atoms with E-state index < -0.39 is 109 Å². The second kappa shape index (κ2) is 25.0. The van der Waals surface area contributed by atoms with Crippen LogP contribution in [0.15, 0.2) is 24.3 Å². The molecule has 0 saturated carbocycles. The first-order valence-corrected chi connectivity index (χ1v) is 17.5. The van der Waals surface area contributed by atoms with Crippen molar-refractivity contribution in [1.82, 2.24) is 37.2 Å². The van der Waals surface area contributed by atoms with Gasteiger partial charge in [-0.15, -0.1) is 0 Å². The standard InChI is InChI=1S/C32H46N8O15S/c33-18(26(46)37-21(12-25(44)45)27(47)38-22(15-56)30(52)53)14-35-23(41)11-16-4-6-17(7-5-16)13-36-31(54)34-10-2-1-3-19(28(48)49)39-32(55)40-20(29(50)51)8-9-24(42)43/h4-7,18-22,56H,1-3,8-15,33H2,(H,35,41)(H,37,46)(H,38,47)(H,42,43)(H,44,45)(H,48,49)(H,50,51)(H,52,53)(H2,34,36,54)(H2,39,40,55)/t18-,19-,20-,21-,22-/m0/s1. The molecule has 310 valence electrons. The predicted molar refractivity (Wildman–Crippen MR) is 194 cm³/mol. The molecule has 0 aliphatic heterocycles. The Morgan fingerprint density at radius 3 is 1.70 bits per heavy atom. The van der Waals surface area contributed by atoms with Crippen molar-refractivity contribution in [2.24, 2.45) is 5.73 Å². The summed E-state index contributed by atoms with van der Waals surface area (Å²) in [4.78, 5) is 117. The third-order valence-electron chi connectivity index (χ3n) is 7.56. The molecule has 0 saturated heterocycles. The highest BCUT2D eigenvalue weighted by Gasteiger charge is 2.29. The number of hydrogen-bond donors (Lipinski definition) is 14. The molecule has 0 heterocycles. The number of carbonyl (C=O) groups excluding carboxylic acids is 5. The van der Waals surface area contributed by atoms with Gasteiger partial charge < -0.3 is 68.5 Å². The van der Waals surface area contributed by atoms with Crippen molar-refractivity contribution < 1.29 is 73.5 Å². The Hall–Kier alpha value is -6.17. The van der Waals surface area contributed by atoms with Crippen LogP contribution in [0.2, 0.25) is 0 Å². The van der Waals surface area contributed by atoms with E-state index in [0.717, 1.165) is 0 Å². The number of carboxylic acids is 5. The van der Waals surface area contributed by atoms with E-state index in [9.17, 15) is 53.1 Å². The van der Waals surface area contributed by atoms with E-state index in [4.69, 9.17) is 26.2 Å². The van der Waals surface area contributed by atoms with Crippen molar-refractivity contribution in [3.63, 3.8) is 0 Å². The average Bonchev–Trinajstić information content (AvgIpc) is 3.12. The molecule has 56 heavy (non-hydrogen) atoms. The maximum atomic E-state index is 12.5. The Kier molecular flexibility index (Phi) is 21.4. The molecule has 23 nitrogen and oxygen atoms in total. The summed E-state index contributed by atoms with van der Waals surface area (Å²) in [5, 5.41) is 61.4. The van der Waals surface area contributed by atoms with Gasteiger partial charge in [0.25, 0.3) is 0 Å². The number of unbranched alkanes of at least 4 members (excludes halogenated alkanes) is 1. The number of nitrogens with one attached hydrogen (secondary N) is 7. The number of nitrogens with two attached hydrogens (primary N) is 1. The van der Waals surface area contributed by atoms with Gasteiger partial charge in [-0.2, -0.15) is 12.6 Å². The van der Waals surface area contributed by atoms with Gasteiger partial charge in [-0.05, 0) is 36.8 Å². The van der Waals surface area contributed by atoms with Gasteiger partial charge in [0.15, 0.2) is 0 Å². The molecule has 0 aliphatic carbocycles. The van der Waals surface area contributed by atoms with Crippen molar-refractivity contribution in [2.75, 3.05) is 18.8 Å². The second-order valence-electron chi connectivity index (χ2n) is 12.1. The summed E-state index contributed by atoms with van der Waals surface area (Å²) < 4.78 is 0. The molecule has 0 spiro atoms. The van der Waals surface area contributed by atoms with Crippen molar-refractivity contribution in [1.29, 1.82) is 0 Å². The third-order valence-corrected chi connectivity index (χ3v) is 7.93. The lowest BCUT2D eigenvalue weighted by molar-refractivity contribution is -0.143. The van der Waals surface area contributed by atoms with Gasteiger partial charge in [-0.3, -0.25) is 24.0 Å². The minimum absolute atomic E-state index is 0.0460. The molecular weight excluding hydrogens is 768 g/mol. The molecule has 1 rings (SSSR count). The van der Waals surface area contributed by atoms with Crippen LogP contribution in [0.1, 0.15) is 49.7 Å². The largest absolute Gasteiger partial charge is 0.481 e. The summed E-state index contributed by atoms with van der Waals surface area (Å²) in [6.45, 7) is -0.112. The highest BCUT2D eigenvalue weighted by atomic mass is 32.1. The van der Waals surface area contributed by atoms with Crippen molar-refractivity contribution >= 4 is 72.3 Å². The smallest absolute Gasteiger partial charge is 0.327 e. The Balaban J connectivity index is 2.45. The fourth-order valence-corrected chi connectivity index (χ4v) is 4.77. The van der Waals surface area contributed by atoms with Crippen LogP contribution < -0.4 is 43.0 Å². The van der Waals surface area contributed by atoms with Crippen LogP contribution in [0.25, 0.3) is 0 Å². The SMILES string of the molecule is N[C@@H](CNC(=O)Cc1ccc(CNC(=O)NCCCC[C@H](NC(=O)N[C@@H](CCC(=O)O)C(=O)O)C(=O)O)cc1)C(=O)N[C@@H](CC(=O)O)C(=O)N[C@@H](CS)C(=O)O. The van der Waals surface area contributed by atoms with Crippen LogP contribution in [-0.2, 0) is 51.3 Å². The van der Waals surface area contributed by atoms with Gasteiger partial charge in [-0.25, -0.2) is 24.0 Å². The third kappa shape index (κ3) is 19.8. The summed E-state index contributed by atoms with van der Waals surface area (Å²) >= 11 is 3.80. The molecule has 14 N–H and O–H groups in total. The van der Waals surface area contributed by atoms with Gasteiger partial charge in [0, 0.05) is 31.8 Å². The number of aliphatic carboxylic acids is 5. The zero-order chi connectivity index (χ0) is 42.4. The van der Waals surface area contributed by atoms with E-state index >= 15 is 0 Å². The number of thiol groups is 1. The van der Waals surface area contributed by atoms with E-state index in [0.29, 0.717) is 17.5 Å². The minimum Gasteiger partial charge on any atom is -0.481 e. The fourth-order valence-electron chi connectivity index (χ4n) is 4.52. The topological polar surface area (TPSA) is 382 Å². The van der Waals surface area contributed by atoms with Crippen LogP contribution in [0.3, 0.4) is 0 Å². The molecule has 0 aromatic heterocycles. The molecule has 5 atom stereocenters. The number of carboxylic acid groups (broad SMARTS) is 5. The lowest BCUT2D eigenvalue weighted by Crippen LogP contribution is -2.57. The lowest BCUT2D eigenvalue weighted by Gasteiger charge is -2.21. The maximum absolute atomic E-state index is 12.5. The zero-order valence-electron chi connectivity index (χ0n) is 29.8. The Morgan fingerprint density at radius 1 is 0.607 bits per heavy atom. The summed E-state index contributed by atoms with van der Waals surface area (Å²) in [7, 11) is 0. The number of benzene rings is 1. The summed E-state index contributed by atoms with van der Waals surface area (Å²) in [6.07, 6.45) is -1.37. The Bertz CT molecular complexity index is 1580. The molecule has 24 heteroatoms. The number of urea groups is 2. The summed E-state index contributed by atoms with van der Waals surface area (Å²) in [6, 6.07) is -2.45. The first-order chi connectivity index (χ1) is 26.3. The van der Waals surface area contributed by atoms with Gasteiger partial charge >= 0.3 is 41.9 Å². The normalized spacial score (nSPS) is 13.2. The maximum Gasteiger partial charge on any atom is 0.327 e. The first-order valence-electron chi connectivity index (χ1n) is 16.8. The fraction of sp³-hybridized carbons (Fsp3) is 0.500. The van der Waals surface area contributed by atoms with Gasteiger partial charge in [0.1, 0.15) is 30.2 Å². The quantitative estimate of drug-likeness (QED) is 0.0331. The van der Waals surface area contributed by atoms with Crippen molar-refractivity contribution in [2.45, 2.75) is 81.7 Å². The molecule has 0 bridgehead atoms. The summed E-state index contributed by atoms with van der Waals surface area (Å²) in [5.74, 6) is -9.87. The van der Waals surface area contributed by atoms with Crippen LogP contribution in [0, 0.1) is 0 Å². The molecule has 0 aliphatic rings. The van der Waals surface area contributed by atoms with E-state index in [1.54, 1.807) is 24.3 Å². The van der Waals surface area contributed by atoms with E-state index in [-0.39, 0.29) is 44.6 Å². The Labute approximate surface area is 324 Å². The molecule has 0 fully saturated rings. The van der Waals surface area contributed by atoms with Crippen LogP contribution >= 0.6 is 12.6 Å². The molecule has 1 aromatic carbocycles. The highest BCUT2D eigenvalue weighted by Crippen LogP contribution is 2.06. The summed E-state index contributed by atoms with van der Waals surface area (Å²) in [5.41, 5.74) is 7.03. The van der Waals surface area contributed by atoms with Crippen molar-refractivity contribution in [3.8, 4) is 0 Å². The zero-order valence-corrected chi connectivity index (χ0v) is 30.7. The van der Waals surface area contributed by atoms with Crippen LogP contribution in [-0.4, -0.2) is 134 Å². The van der Waals surface area contributed by atoms with E-state index in [1.165, 1.54) is 0 Å². The minimum atomic E-state index is -1.65. The molecule has 0 radical (unpaired) electrons. The molecule has 1 aromatic rings. The first kappa shape index (κ1) is 47.9. The number of amides is 7. The molecule has 7 amide bonds. The molecular formula is C32H46N8O15S. The van der Waals surface area contributed by atoms with Crippen LogP contribution in [0.5, 0.6) is 0 Å². The molecule has 0 unspecified atom stereocenters. The van der Waals surface area contributed by atoms with Gasteiger partial charge in [-0.1, -0.05) is 24.3 Å². The van der Waals surface area contributed by atoms with Crippen LogP contribution in [0.4, 0.5) is 9.59 Å². The predicted octanol–water partition coefficient (Wildman–Crippen LogP) is -2.83. The number of rotatable bonds is 26. The number of hydrogen-bond acceptors (Lipinski definition) is 12. The van der Waals surface area contributed by atoms with E-state index in [1.807, 2.05) is 5.32 Å². The Morgan fingerprint density at radius 2 is 1.16 bits per heavy atom. The van der Waals surface area contributed by atoms with Gasteiger partial charge in [0.2, 0.25) is 17.7 Å². The van der Waals surface area contributed by atoms with Gasteiger partial charge in [0.05, 0.1) is 12.8 Å². The highest BCUT2D eigenvalue weighted by molar-refractivity contribution is 7.80. The lowest BCUT2D eigenvalue weighted by atomic mass is 10.1.